The first-order valence-corrected chi connectivity index (χ1v) is 9.02. The number of pyridine rings is 1. The van der Waals surface area contributed by atoms with Crippen LogP contribution in [0.2, 0.25) is 0 Å². The van der Waals surface area contributed by atoms with Crippen LogP contribution in [-0.4, -0.2) is 27.3 Å². The lowest BCUT2D eigenvalue weighted by Gasteiger charge is -2.13. The number of ether oxygens (including phenoxy) is 1. The van der Waals surface area contributed by atoms with E-state index in [0.717, 1.165) is 16.8 Å². The molecule has 0 aliphatic rings. The van der Waals surface area contributed by atoms with Gasteiger partial charge in [-0.2, -0.15) is 31.4 Å². The third kappa shape index (κ3) is 4.58. The van der Waals surface area contributed by atoms with Crippen molar-refractivity contribution in [1.82, 2.24) is 14.8 Å². The molecule has 12 heteroatoms. The maximum atomic E-state index is 14.1. The van der Waals surface area contributed by atoms with Crippen LogP contribution in [0.3, 0.4) is 0 Å². The second kappa shape index (κ2) is 8.24. The summed E-state index contributed by atoms with van der Waals surface area (Å²) in [6.07, 6.45) is -9.63. The summed E-state index contributed by atoms with van der Waals surface area (Å²) in [5.74, 6) is -2.46. The molecular weight excluding hydrogens is 447 g/mol. The van der Waals surface area contributed by atoms with Gasteiger partial charge in [0.2, 0.25) is 0 Å². The van der Waals surface area contributed by atoms with Gasteiger partial charge in [0, 0.05) is 17.3 Å². The van der Waals surface area contributed by atoms with Crippen LogP contribution in [-0.2, 0) is 17.1 Å². The second-order valence-electron chi connectivity index (χ2n) is 6.54. The number of aryl methyl sites for hydroxylation is 1. The molecule has 0 amide bonds. The first-order valence-electron chi connectivity index (χ1n) is 9.02. The van der Waals surface area contributed by atoms with E-state index in [9.17, 15) is 35.5 Å². The van der Waals surface area contributed by atoms with Gasteiger partial charge < -0.3 is 4.74 Å². The highest BCUT2D eigenvalue weighted by Gasteiger charge is 2.35. The minimum atomic E-state index is -4.93. The minimum absolute atomic E-state index is 0.00318. The number of alkyl halides is 6. The van der Waals surface area contributed by atoms with E-state index in [2.05, 4.69) is 10.1 Å². The Morgan fingerprint density at radius 1 is 1.03 bits per heavy atom. The van der Waals surface area contributed by atoms with E-state index >= 15 is 0 Å². The molecule has 0 N–H and O–H groups in total. The molecule has 170 valence electrons. The first kappa shape index (κ1) is 23.2. The summed E-state index contributed by atoms with van der Waals surface area (Å²) in [5.41, 5.74) is -3.12. The molecule has 2 aromatic heterocycles. The van der Waals surface area contributed by atoms with Crippen molar-refractivity contribution in [1.29, 1.82) is 0 Å². The number of carbonyl (C=O) groups excluding carboxylic acids is 1. The third-order valence-electron chi connectivity index (χ3n) is 4.35. The topological polar surface area (TPSA) is 57.0 Å². The van der Waals surface area contributed by atoms with Crippen molar-refractivity contribution in [3.8, 4) is 16.9 Å². The summed E-state index contributed by atoms with van der Waals surface area (Å²) in [7, 11) is 0. The first-order chi connectivity index (χ1) is 14.8. The maximum Gasteiger partial charge on any atom is 0.433 e. The Bertz CT molecular complexity index is 1170. The predicted octanol–water partition coefficient (Wildman–Crippen LogP) is 5.60. The van der Waals surface area contributed by atoms with Crippen molar-refractivity contribution in [2.24, 2.45) is 0 Å². The maximum absolute atomic E-state index is 14.1. The Morgan fingerprint density at radius 2 is 1.72 bits per heavy atom. The van der Waals surface area contributed by atoms with Crippen LogP contribution < -0.4 is 0 Å². The smallest absolute Gasteiger partial charge is 0.433 e. The molecule has 1 aromatic carbocycles. The number of rotatable bonds is 4. The van der Waals surface area contributed by atoms with Crippen LogP contribution in [0.4, 0.5) is 30.7 Å². The fraction of sp³-hybridized carbons (Fsp3) is 0.250. The van der Waals surface area contributed by atoms with E-state index in [0.29, 0.717) is 18.2 Å². The Hall–Kier alpha value is -3.44. The van der Waals surface area contributed by atoms with Gasteiger partial charge in [-0.1, -0.05) is 0 Å². The van der Waals surface area contributed by atoms with Crippen LogP contribution in [0.15, 0.2) is 36.4 Å². The summed E-state index contributed by atoms with van der Waals surface area (Å²) in [6.45, 7) is 2.81. The molecule has 0 fully saturated rings. The van der Waals surface area contributed by atoms with Crippen LogP contribution in [0.1, 0.15) is 34.4 Å². The summed E-state index contributed by atoms with van der Waals surface area (Å²) < 4.78 is 97.4. The Kier molecular flexibility index (Phi) is 5.98. The van der Waals surface area contributed by atoms with Gasteiger partial charge in [0.05, 0.1) is 23.6 Å². The molecule has 0 saturated heterocycles. The summed E-state index contributed by atoms with van der Waals surface area (Å²) in [5, 5.41) is 3.96. The van der Waals surface area contributed by atoms with Crippen LogP contribution in [0.25, 0.3) is 16.9 Å². The second-order valence-corrected chi connectivity index (χ2v) is 6.54. The lowest BCUT2D eigenvalue weighted by molar-refractivity contribution is -0.141. The highest BCUT2D eigenvalue weighted by Crippen LogP contribution is 2.34. The molecule has 0 radical (unpaired) electrons. The molecule has 5 nitrogen and oxygen atoms in total. The molecule has 0 aliphatic carbocycles. The SMILES string of the molecule is CCOC(=O)c1cc(-c2ccc(C(F)(F)F)nc2C)n(-c2ccc(C(F)(F)F)c(F)c2)n1. The molecule has 3 rings (SSSR count). The van der Waals surface area contributed by atoms with Gasteiger partial charge in [0.1, 0.15) is 11.5 Å². The molecule has 2 heterocycles. The zero-order valence-electron chi connectivity index (χ0n) is 16.5. The standard InChI is InChI=1S/C20H14F7N3O2/c1-3-32-18(31)15-9-16(12-5-7-17(20(25,26)27)28-10(12)2)30(29-15)11-4-6-13(14(21)8-11)19(22,23)24/h4-9H,3H2,1-2H3. The highest BCUT2D eigenvalue weighted by atomic mass is 19.4. The van der Waals surface area contributed by atoms with Gasteiger partial charge in [0.25, 0.3) is 0 Å². The van der Waals surface area contributed by atoms with E-state index in [-0.39, 0.29) is 34.9 Å². The van der Waals surface area contributed by atoms with Gasteiger partial charge in [-0.15, -0.1) is 0 Å². The van der Waals surface area contributed by atoms with E-state index < -0.39 is 35.4 Å². The van der Waals surface area contributed by atoms with Crippen molar-refractivity contribution in [3.05, 3.63) is 64.9 Å². The molecule has 0 unspecified atom stereocenters. The zero-order valence-corrected chi connectivity index (χ0v) is 16.5. The van der Waals surface area contributed by atoms with E-state index in [1.54, 1.807) is 0 Å². The molecule has 32 heavy (non-hydrogen) atoms. The lowest BCUT2D eigenvalue weighted by Crippen LogP contribution is -2.11. The van der Waals surface area contributed by atoms with Gasteiger partial charge in [0.15, 0.2) is 5.69 Å². The number of esters is 1. The fourth-order valence-corrected chi connectivity index (χ4v) is 2.93. The van der Waals surface area contributed by atoms with Crippen LogP contribution >= 0.6 is 0 Å². The highest BCUT2D eigenvalue weighted by molar-refractivity contribution is 5.89. The number of halogens is 7. The van der Waals surface area contributed by atoms with Crippen molar-refractivity contribution in [2.45, 2.75) is 26.2 Å². The number of benzene rings is 1. The molecule has 3 aromatic rings. The van der Waals surface area contributed by atoms with Crippen molar-refractivity contribution in [2.75, 3.05) is 6.61 Å². The molecular formula is C20H14F7N3O2. The molecule has 0 saturated carbocycles. The van der Waals surface area contributed by atoms with Crippen molar-refractivity contribution >= 4 is 5.97 Å². The van der Waals surface area contributed by atoms with Gasteiger partial charge >= 0.3 is 18.3 Å². The normalized spacial score (nSPS) is 12.2. The Labute approximate surface area is 176 Å². The molecule has 0 aliphatic heterocycles. The number of nitrogens with zero attached hydrogens (tertiary/aromatic N) is 3. The number of carbonyl (C=O) groups is 1. The van der Waals surface area contributed by atoms with Crippen LogP contribution in [0, 0.1) is 12.7 Å². The minimum Gasteiger partial charge on any atom is -0.461 e. The Balaban J connectivity index is 2.19. The third-order valence-corrected chi connectivity index (χ3v) is 4.35. The fourth-order valence-electron chi connectivity index (χ4n) is 2.93. The van der Waals surface area contributed by atoms with Crippen molar-refractivity contribution in [3.63, 3.8) is 0 Å². The van der Waals surface area contributed by atoms with E-state index in [1.807, 2.05) is 0 Å². The number of aromatic nitrogens is 3. The Morgan fingerprint density at radius 3 is 2.25 bits per heavy atom. The zero-order chi connectivity index (χ0) is 23.8. The quantitative estimate of drug-likeness (QED) is 0.375. The van der Waals surface area contributed by atoms with Gasteiger partial charge in [-0.3, -0.25) is 0 Å². The molecule has 0 bridgehead atoms. The largest absolute Gasteiger partial charge is 0.461 e. The summed E-state index contributed by atoms with van der Waals surface area (Å²) >= 11 is 0. The monoisotopic (exact) mass is 461 g/mol. The van der Waals surface area contributed by atoms with Crippen molar-refractivity contribution < 1.29 is 40.3 Å². The summed E-state index contributed by atoms with van der Waals surface area (Å²) in [6, 6.07) is 4.93. The lowest BCUT2D eigenvalue weighted by atomic mass is 10.1. The van der Waals surface area contributed by atoms with Crippen LogP contribution in [0.5, 0.6) is 0 Å². The van der Waals surface area contributed by atoms with Gasteiger partial charge in [-0.25, -0.2) is 18.9 Å². The van der Waals surface area contributed by atoms with Gasteiger partial charge in [-0.05, 0) is 44.2 Å². The predicted molar refractivity (Wildman–Crippen MR) is 97.5 cm³/mol. The number of hydrogen-bond acceptors (Lipinski definition) is 4. The molecule has 0 atom stereocenters. The average Bonchev–Trinajstić information content (AvgIpc) is 3.11. The number of hydrogen-bond donors (Lipinski definition) is 0. The van der Waals surface area contributed by atoms with E-state index in [1.165, 1.54) is 19.9 Å². The summed E-state index contributed by atoms with van der Waals surface area (Å²) in [4.78, 5) is 15.6. The van der Waals surface area contributed by atoms with E-state index in [4.69, 9.17) is 4.74 Å². The average molecular weight is 461 g/mol. The molecule has 0 spiro atoms.